The number of hydrogen-bond donors (Lipinski definition) is 0. The normalized spacial score (nSPS) is 11.2. The molecule has 0 rings (SSSR count). The summed E-state index contributed by atoms with van der Waals surface area (Å²) in [5, 5.41) is 0. The van der Waals surface area contributed by atoms with Gasteiger partial charge in [0.1, 0.15) is 13.2 Å². The van der Waals surface area contributed by atoms with Crippen LogP contribution in [0.3, 0.4) is 0 Å². The minimum absolute atomic E-state index is 0.136. The molecule has 0 radical (unpaired) electrons. The van der Waals surface area contributed by atoms with Crippen LogP contribution in [0.4, 0.5) is 0 Å². The second-order valence-electron chi connectivity index (χ2n) is 9.95. The molecule has 0 aromatic heterocycles. The standard InChI is InChI=1S/C33H62O11/c1-3-5-6-7-8-9-10-11-12-13-33(34)44-32-31-43-30-29-42-28-27-41-26-25-40-24-23-39-22-21-38-20-19-37-18-17-36-16-15-35-14-4-2/h2H,3,5-32H2,1H3. The van der Waals surface area contributed by atoms with Crippen molar-refractivity contribution in [3.05, 3.63) is 0 Å². The van der Waals surface area contributed by atoms with Crippen molar-refractivity contribution in [2.75, 3.05) is 126 Å². The SMILES string of the molecule is C#CCOCCOCCOCCOCCOCCOCCOCCOCCOCCOC(=O)CCCCCCCCCCC. The van der Waals surface area contributed by atoms with Crippen molar-refractivity contribution < 1.29 is 52.2 Å². The first-order valence-electron chi connectivity index (χ1n) is 16.6. The van der Waals surface area contributed by atoms with E-state index in [1.165, 1.54) is 44.9 Å². The maximum absolute atomic E-state index is 11.8. The Kier molecular flexibility index (Phi) is 38.5. The molecule has 0 bridgehead atoms. The van der Waals surface area contributed by atoms with Crippen molar-refractivity contribution in [3.63, 3.8) is 0 Å². The summed E-state index contributed by atoms with van der Waals surface area (Å²) in [5.41, 5.74) is 0. The third-order valence-corrected chi connectivity index (χ3v) is 6.14. The Hall–Kier alpha value is -1.33. The largest absolute Gasteiger partial charge is 0.463 e. The van der Waals surface area contributed by atoms with Crippen LogP contribution in [0.15, 0.2) is 0 Å². The molecule has 0 spiro atoms. The van der Waals surface area contributed by atoms with Crippen molar-refractivity contribution in [2.24, 2.45) is 0 Å². The molecule has 0 aliphatic carbocycles. The van der Waals surface area contributed by atoms with Crippen LogP contribution in [-0.2, 0) is 52.2 Å². The molecule has 0 saturated heterocycles. The van der Waals surface area contributed by atoms with E-state index in [1.54, 1.807) is 0 Å². The fourth-order valence-corrected chi connectivity index (χ4v) is 3.76. The van der Waals surface area contributed by atoms with Crippen LogP contribution >= 0.6 is 0 Å². The number of unbranched alkanes of at least 4 members (excludes halogenated alkanes) is 8. The van der Waals surface area contributed by atoms with Gasteiger partial charge in [-0.2, -0.15) is 0 Å². The Bertz CT molecular complexity index is 601. The van der Waals surface area contributed by atoms with Crippen LogP contribution in [0.25, 0.3) is 0 Å². The van der Waals surface area contributed by atoms with Gasteiger partial charge in [0.05, 0.1) is 112 Å². The number of rotatable bonds is 38. The predicted molar refractivity (Wildman–Crippen MR) is 169 cm³/mol. The zero-order valence-electron chi connectivity index (χ0n) is 27.6. The fourth-order valence-electron chi connectivity index (χ4n) is 3.76. The fraction of sp³-hybridized carbons (Fsp3) is 0.909. The van der Waals surface area contributed by atoms with Gasteiger partial charge >= 0.3 is 5.97 Å². The van der Waals surface area contributed by atoms with Gasteiger partial charge in [-0.15, -0.1) is 6.42 Å². The lowest BCUT2D eigenvalue weighted by Gasteiger charge is -2.09. The number of terminal acetylenes is 1. The van der Waals surface area contributed by atoms with Gasteiger partial charge < -0.3 is 47.4 Å². The Morgan fingerprint density at radius 1 is 0.432 bits per heavy atom. The molecular formula is C33H62O11. The molecule has 0 atom stereocenters. The molecule has 11 nitrogen and oxygen atoms in total. The van der Waals surface area contributed by atoms with Crippen LogP contribution in [0.2, 0.25) is 0 Å². The number of hydrogen-bond acceptors (Lipinski definition) is 11. The molecular weight excluding hydrogens is 572 g/mol. The minimum Gasteiger partial charge on any atom is -0.463 e. The zero-order chi connectivity index (χ0) is 31.9. The van der Waals surface area contributed by atoms with E-state index < -0.39 is 0 Å². The third-order valence-electron chi connectivity index (χ3n) is 6.14. The molecule has 260 valence electrons. The van der Waals surface area contributed by atoms with Crippen molar-refractivity contribution >= 4 is 5.97 Å². The molecule has 0 heterocycles. The third kappa shape index (κ3) is 38.7. The lowest BCUT2D eigenvalue weighted by atomic mass is 10.1. The number of carbonyl (C=O) groups is 1. The molecule has 0 aliphatic heterocycles. The Labute approximate surface area is 267 Å². The monoisotopic (exact) mass is 634 g/mol. The van der Waals surface area contributed by atoms with E-state index in [4.69, 9.17) is 53.8 Å². The van der Waals surface area contributed by atoms with Gasteiger partial charge in [-0.3, -0.25) is 4.79 Å². The molecule has 0 saturated carbocycles. The van der Waals surface area contributed by atoms with Crippen LogP contribution in [0, 0.1) is 12.3 Å². The lowest BCUT2D eigenvalue weighted by molar-refractivity contribution is -0.145. The van der Waals surface area contributed by atoms with E-state index in [-0.39, 0.29) is 12.6 Å². The van der Waals surface area contributed by atoms with Crippen molar-refractivity contribution in [1.82, 2.24) is 0 Å². The number of esters is 1. The summed E-state index contributed by atoms with van der Waals surface area (Å²) in [6.07, 6.45) is 16.7. The molecule has 11 heteroatoms. The highest BCUT2D eigenvalue weighted by molar-refractivity contribution is 5.69. The van der Waals surface area contributed by atoms with Gasteiger partial charge in [0.2, 0.25) is 0 Å². The van der Waals surface area contributed by atoms with Crippen LogP contribution in [0.5, 0.6) is 0 Å². The Morgan fingerprint density at radius 3 is 1.07 bits per heavy atom. The van der Waals surface area contributed by atoms with Crippen LogP contribution in [-0.4, -0.2) is 132 Å². The molecule has 0 unspecified atom stereocenters. The van der Waals surface area contributed by atoms with E-state index in [0.717, 1.165) is 12.8 Å². The quantitative estimate of drug-likeness (QED) is 0.0553. The maximum Gasteiger partial charge on any atom is 0.305 e. The molecule has 44 heavy (non-hydrogen) atoms. The highest BCUT2D eigenvalue weighted by Gasteiger charge is 2.03. The zero-order valence-corrected chi connectivity index (χ0v) is 27.6. The summed E-state index contributed by atoms with van der Waals surface area (Å²) >= 11 is 0. The Balaban J connectivity index is 3.11. The van der Waals surface area contributed by atoms with Crippen molar-refractivity contribution in [3.8, 4) is 12.3 Å². The second-order valence-corrected chi connectivity index (χ2v) is 9.95. The second kappa shape index (κ2) is 39.7. The summed E-state index contributed by atoms with van der Waals surface area (Å²) in [6.45, 7) is 11.2. The average molecular weight is 635 g/mol. The first-order chi connectivity index (χ1) is 21.8. The van der Waals surface area contributed by atoms with Crippen molar-refractivity contribution in [1.29, 1.82) is 0 Å². The molecule has 0 aromatic rings. The molecule has 0 aromatic carbocycles. The summed E-state index contributed by atoms with van der Waals surface area (Å²) in [7, 11) is 0. The Morgan fingerprint density at radius 2 is 0.727 bits per heavy atom. The maximum atomic E-state index is 11.8. The first kappa shape index (κ1) is 42.7. The summed E-state index contributed by atoms with van der Waals surface area (Å²) < 4.78 is 53.8. The van der Waals surface area contributed by atoms with E-state index >= 15 is 0 Å². The first-order valence-corrected chi connectivity index (χ1v) is 16.6. The topological polar surface area (TPSA) is 109 Å². The number of ether oxygens (including phenoxy) is 10. The van der Waals surface area contributed by atoms with E-state index in [9.17, 15) is 4.79 Å². The molecule has 0 aliphatic rings. The minimum atomic E-state index is -0.136. The summed E-state index contributed by atoms with van der Waals surface area (Å²) in [5.74, 6) is 2.26. The van der Waals surface area contributed by atoms with E-state index in [0.29, 0.717) is 125 Å². The molecule has 0 amide bonds. The van der Waals surface area contributed by atoms with Crippen LogP contribution in [0.1, 0.15) is 71.1 Å². The van der Waals surface area contributed by atoms with Crippen LogP contribution < -0.4 is 0 Å². The van der Waals surface area contributed by atoms with Gasteiger partial charge in [-0.1, -0.05) is 64.2 Å². The van der Waals surface area contributed by atoms with Gasteiger partial charge in [0.15, 0.2) is 0 Å². The summed E-state index contributed by atoms with van der Waals surface area (Å²) in [4.78, 5) is 11.8. The van der Waals surface area contributed by atoms with E-state index in [1.807, 2.05) is 0 Å². The smallest absolute Gasteiger partial charge is 0.305 e. The molecule has 0 N–H and O–H groups in total. The lowest BCUT2D eigenvalue weighted by Crippen LogP contribution is -2.15. The van der Waals surface area contributed by atoms with Gasteiger partial charge in [0.25, 0.3) is 0 Å². The highest BCUT2D eigenvalue weighted by Crippen LogP contribution is 2.10. The molecule has 0 fully saturated rings. The van der Waals surface area contributed by atoms with E-state index in [2.05, 4.69) is 12.8 Å². The van der Waals surface area contributed by atoms with Gasteiger partial charge in [-0.05, 0) is 6.42 Å². The number of carbonyl (C=O) groups excluding carboxylic acids is 1. The van der Waals surface area contributed by atoms with Gasteiger partial charge in [-0.25, -0.2) is 0 Å². The highest BCUT2D eigenvalue weighted by atomic mass is 16.6. The summed E-state index contributed by atoms with van der Waals surface area (Å²) in [6, 6.07) is 0. The van der Waals surface area contributed by atoms with Gasteiger partial charge in [0, 0.05) is 6.42 Å². The van der Waals surface area contributed by atoms with Crippen molar-refractivity contribution in [2.45, 2.75) is 71.1 Å². The average Bonchev–Trinajstić information content (AvgIpc) is 3.03. The predicted octanol–water partition coefficient (Wildman–Crippen LogP) is 4.23.